The van der Waals surface area contributed by atoms with E-state index in [1.54, 1.807) is 0 Å². The predicted octanol–water partition coefficient (Wildman–Crippen LogP) is 3.54. The molecule has 0 spiro atoms. The van der Waals surface area contributed by atoms with E-state index in [0.717, 1.165) is 17.9 Å². The highest BCUT2D eigenvalue weighted by Gasteiger charge is 2.00. The number of hydrogen-bond donors (Lipinski definition) is 1. The molecule has 2 aromatic carbocycles. The van der Waals surface area contributed by atoms with Gasteiger partial charge in [0.1, 0.15) is 12.4 Å². The van der Waals surface area contributed by atoms with E-state index in [2.05, 4.69) is 46.1 Å². The number of nitrogens with zero attached hydrogens (tertiary/aromatic N) is 1. The Morgan fingerprint density at radius 3 is 2.05 bits per heavy atom. The van der Waals surface area contributed by atoms with Gasteiger partial charge in [-0.15, -0.1) is 0 Å². The van der Waals surface area contributed by atoms with Gasteiger partial charge in [0.15, 0.2) is 0 Å². The molecule has 0 amide bonds. The van der Waals surface area contributed by atoms with Crippen LogP contribution in [0.1, 0.15) is 5.56 Å². The minimum Gasteiger partial charge on any atom is -0.492 e. The molecule has 0 fully saturated rings. The highest BCUT2D eigenvalue weighted by atomic mass is 35.5. The molecule has 1 N–H and O–H groups in total. The summed E-state index contributed by atoms with van der Waals surface area (Å²) in [6, 6.07) is 16.5. The van der Waals surface area contributed by atoms with E-state index >= 15 is 0 Å². The van der Waals surface area contributed by atoms with Crippen molar-refractivity contribution in [3.05, 3.63) is 54.1 Å². The van der Waals surface area contributed by atoms with Crippen LogP contribution in [-0.2, 0) is 6.54 Å². The van der Waals surface area contributed by atoms with Crippen LogP contribution in [0.2, 0.25) is 0 Å². The number of nitrogens with one attached hydrogen (secondary N) is 1. The van der Waals surface area contributed by atoms with Crippen LogP contribution in [0.5, 0.6) is 5.75 Å². The van der Waals surface area contributed by atoms with Crippen molar-refractivity contribution < 1.29 is 4.74 Å². The zero-order valence-corrected chi connectivity index (χ0v) is 13.2. The maximum absolute atomic E-state index is 5.69. The number of benzene rings is 2. The van der Waals surface area contributed by atoms with E-state index in [1.165, 1.54) is 11.1 Å². The van der Waals surface area contributed by atoms with Gasteiger partial charge < -0.3 is 9.64 Å². The van der Waals surface area contributed by atoms with Crippen LogP contribution in [0, 0.1) is 0 Å². The second kappa shape index (κ2) is 8.03. The van der Waals surface area contributed by atoms with E-state index in [9.17, 15) is 0 Å². The maximum Gasteiger partial charge on any atom is 0.119 e. The summed E-state index contributed by atoms with van der Waals surface area (Å²) in [7, 11) is 4.08. The third-order valence-corrected chi connectivity index (χ3v) is 3.35. The Hall–Kier alpha value is -1.55. The lowest BCUT2D eigenvalue weighted by molar-refractivity contribution is 0.261. The fourth-order valence-corrected chi connectivity index (χ4v) is 2.14. The van der Waals surface area contributed by atoms with E-state index in [1.807, 2.05) is 26.2 Å². The maximum atomic E-state index is 5.69. The third kappa shape index (κ3) is 5.05. The molecule has 0 aromatic heterocycles. The number of likely N-dealkylation sites (N-methyl/N-ethyl adjacent to an activating group) is 1. The molecule has 0 unspecified atom stereocenters. The summed E-state index contributed by atoms with van der Waals surface area (Å²) in [5.74, 6) is 0.906. The number of halogens is 1. The van der Waals surface area contributed by atoms with Gasteiger partial charge in [-0.2, -0.15) is 0 Å². The lowest BCUT2D eigenvalue weighted by Crippen LogP contribution is -2.19. The lowest BCUT2D eigenvalue weighted by Gasteiger charge is -2.11. The van der Waals surface area contributed by atoms with Crippen molar-refractivity contribution >= 4 is 11.8 Å². The van der Waals surface area contributed by atoms with E-state index in [4.69, 9.17) is 16.5 Å². The molecule has 2 aromatic rings. The monoisotopic (exact) mass is 304 g/mol. The molecule has 0 bridgehead atoms. The van der Waals surface area contributed by atoms with Crippen LogP contribution in [-0.4, -0.2) is 32.1 Å². The normalized spacial score (nSPS) is 10.9. The van der Waals surface area contributed by atoms with Gasteiger partial charge in [0, 0.05) is 13.1 Å². The Morgan fingerprint density at radius 1 is 0.952 bits per heavy atom. The van der Waals surface area contributed by atoms with Gasteiger partial charge >= 0.3 is 0 Å². The summed E-state index contributed by atoms with van der Waals surface area (Å²) in [6.07, 6.45) is 0. The molecule has 3 nitrogen and oxygen atoms in total. The second-order valence-electron chi connectivity index (χ2n) is 5.18. The molecule has 0 saturated heterocycles. The first-order chi connectivity index (χ1) is 10.2. The first kappa shape index (κ1) is 15.8. The molecule has 0 atom stereocenters. The van der Waals surface area contributed by atoms with Gasteiger partial charge in [-0.25, -0.2) is 4.84 Å². The highest BCUT2D eigenvalue weighted by Crippen LogP contribution is 2.22. The molecule has 4 heteroatoms. The lowest BCUT2D eigenvalue weighted by atomic mass is 10.0. The first-order valence-electron chi connectivity index (χ1n) is 6.99. The van der Waals surface area contributed by atoms with Crippen molar-refractivity contribution in [2.24, 2.45) is 0 Å². The minimum absolute atomic E-state index is 0.667. The van der Waals surface area contributed by atoms with Gasteiger partial charge in [0.2, 0.25) is 0 Å². The average Bonchev–Trinajstić information content (AvgIpc) is 2.49. The van der Waals surface area contributed by atoms with Crippen LogP contribution in [0.4, 0.5) is 0 Å². The Bertz CT molecular complexity index is 538. The van der Waals surface area contributed by atoms with Gasteiger partial charge in [-0.3, -0.25) is 0 Å². The van der Waals surface area contributed by atoms with Gasteiger partial charge in [-0.1, -0.05) is 36.4 Å². The van der Waals surface area contributed by atoms with E-state index < -0.39 is 0 Å². The molecule has 112 valence electrons. The number of ether oxygens (including phenoxy) is 1. The quantitative estimate of drug-likeness (QED) is 0.792. The summed E-state index contributed by atoms with van der Waals surface area (Å²) < 4.78 is 5.69. The van der Waals surface area contributed by atoms with Crippen LogP contribution in [0.15, 0.2) is 48.5 Å². The average molecular weight is 305 g/mol. The van der Waals surface area contributed by atoms with E-state index in [-0.39, 0.29) is 0 Å². The SMILES string of the molecule is CN(C)CCOc1ccc(-c2ccc(CNCl)cc2)cc1. The second-order valence-corrected chi connectivity index (χ2v) is 5.45. The number of rotatable bonds is 7. The molecule has 21 heavy (non-hydrogen) atoms. The first-order valence-corrected chi connectivity index (χ1v) is 7.37. The van der Waals surface area contributed by atoms with Crippen molar-refractivity contribution in [3.63, 3.8) is 0 Å². The summed E-state index contributed by atoms with van der Waals surface area (Å²) in [4.78, 5) is 4.73. The molecule has 0 aliphatic rings. The molecule has 0 radical (unpaired) electrons. The highest BCUT2D eigenvalue weighted by molar-refractivity contribution is 6.13. The summed E-state index contributed by atoms with van der Waals surface area (Å²) in [6.45, 7) is 2.28. The smallest absolute Gasteiger partial charge is 0.119 e. The molecular weight excluding hydrogens is 284 g/mol. The fraction of sp³-hybridized carbons (Fsp3) is 0.294. The molecule has 0 aliphatic carbocycles. The van der Waals surface area contributed by atoms with Crippen molar-refractivity contribution in [2.75, 3.05) is 27.2 Å². The van der Waals surface area contributed by atoms with Crippen LogP contribution in [0.25, 0.3) is 11.1 Å². The standard InChI is InChI=1S/C17H21ClN2O/c1-20(2)11-12-21-17-9-7-16(8-10-17)15-5-3-14(4-6-15)13-19-18/h3-10,19H,11-13H2,1-2H3. The number of hydrogen-bond acceptors (Lipinski definition) is 3. The molecule has 0 saturated carbocycles. The summed E-state index contributed by atoms with van der Waals surface area (Å²) in [5, 5.41) is 0. The zero-order chi connectivity index (χ0) is 15.1. The van der Waals surface area contributed by atoms with Gasteiger partial charge in [-0.05, 0) is 54.7 Å². The molecule has 0 aliphatic heterocycles. The van der Waals surface area contributed by atoms with E-state index in [0.29, 0.717) is 13.2 Å². The zero-order valence-electron chi connectivity index (χ0n) is 12.5. The Labute approximate surface area is 131 Å². The minimum atomic E-state index is 0.667. The van der Waals surface area contributed by atoms with Gasteiger partial charge in [0.05, 0.1) is 0 Å². The van der Waals surface area contributed by atoms with Crippen molar-refractivity contribution in [3.8, 4) is 16.9 Å². The van der Waals surface area contributed by atoms with Crippen LogP contribution >= 0.6 is 11.8 Å². The van der Waals surface area contributed by atoms with Crippen molar-refractivity contribution in [1.29, 1.82) is 0 Å². The van der Waals surface area contributed by atoms with Crippen molar-refractivity contribution in [2.45, 2.75) is 6.54 Å². The largest absolute Gasteiger partial charge is 0.492 e. The Kier molecular flexibility index (Phi) is 6.05. The van der Waals surface area contributed by atoms with Crippen molar-refractivity contribution in [1.82, 2.24) is 9.74 Å². The molecule has 2 rings (SSSR count). The molecular formula is C17H21ClN2O. The molecule has 0 heterocycles. The van der Waals surface area contributed by atoms with Crippen LogP contribution in [0.3, 0.4) is 0 Å². The third-order valence-electron chi connectivity index (χ3n) is 3.22. The van der Waals surface area contributed by atoms with Gasteiger partial charge in [0.25, 0.3) is 0 Å². The fourth-order valence-electron chi connectivity index (χ4n) is 1.98. The topological polar surface area (TPSA) is 24.5 Å². The van der Waals surface area contributed by atoms with Crippen LogP contribution < -0.4 is 9.57 Å². The Morgan fingerprint density at radius 2 is 1.52 bits per heavy atom. The summed E-state index contributed by atoms with van der Waals surface area (Å²) >= 11 is 5.50. The predicted molar refractivity (Wildman–Crippen MR) is 88.6 cm³/mol. The summed E-state index contributed by atoms with van der Waals surface area (Å²) in [5.41, 5.74) is 3.53. The Balaban J connectivity index is 1.97.